The number of piperazine rings is 1. The summed E-state index contributed by atoms with van der Waals surface area (Å²) in [6, 6.07) is 3.78. The molecule has 0 radical (unpaired) electrons. The molecule has 0 aromatic heterocycles. The Morgan fingerprint density at radius 3 is 2.48 bits per heavy atom. The zero-order valence-electron chi connectivity index (χ0n) is 12.4. The Morgan fingerprint density at radius 1 is 1.33 bits per heavy atom. The standard InChI is InChI=1S/C16H21Cl2FN2/c1-3-11-8-20-16(2,10-4-5-10)9-21(11)12-6-13(17)15(19)14(18)7-12/h6-7,10-11,20H,3-5,8-9H2,1-2H3. The SMILES string of the molecule is CCC1CNC(C)(C2CC2)CN1c1cc(Cl)c(F)c(Cl)c1. The molecule has 1 saturated heterocycles. The molecule has 2 fully saturated rings. The first-order valence-corrected chi connectivity index (χ1v) is 8.36. The molecule has 2 atom stereocenters. The Morgan fingerprint density at radius 2 is 1.95 bits per heavy atom. The van der Waals surface area contributed by atoms with E-state index in [1.807, 2.05) is 0 Å². The van der Waals surface area contributed by atoms with E-state index in [0.717, 1.165) is 31.1 Å². The molecule has 1 aromatic rings. The second-order valence-electron chi connectivity index (χ2n) is 6.49. The highest BCUT2D eigenvalue weighted by Crippen LogP contribution is 2.43. The molecule has 2 aliphatic rings. The Bertz CT molecular complexity index is 524. The van der Waals surface area contributed by atoms with Gasteiger partial charge < -0.3 is 10.2 Å². The zero-order valence-corrected chi connectivity index (χ0v) is 13.9. The molecule has 3 rings (SSSR count). The van der Waals surface area contributed by atoms with Crippen molar-refractivity contribution in [1.29, 1.82) is 0 Å². The third-order valence-corrected chi connectivity index (χ3v) is 5.48. The fourth-order valence-corrected chi connectivity index (χ4v) is 3.84. The van der Waals surface area contributed by atoms with E-state index in [9.17, 15) is 4.39 Å². The lowest BCUT2D eigenvalue weighted by atomic mass is 9.90. The second-order valence-corrected chi connectivity index (χ2v) is 7.30. The van der Waals surface area contributed by atoms with Gasteiger partial charge in [-0.2, -0.15) is 0 Å². The van der Waals surface area contributed by atoms with Crippen LogP contribution in [0.25, 0.3) is 0 Å². The predicted octanol–water partition coefficient (Wildman–Crippen LogP) is 4.49. The first-order valence-electron chi connectivity index (χ1n) is 7.61. The minimum atomic E-state index is -0.532. The molecule has 1 saturated carbocycles. The summed E-state index contributed by atoms with van der Waals surface area (Å²) in [6.45, 7) is 6.31. The minimum Gasteiger partial charge on any atom is -0.365 e. The summed E-state index contributed by atoms with van der Waals surface area (Å²) in [7, 11) is 0. The van der Waals surface area contributed by atoms with Gasteiger partial charge in [-0.25, -0.2) is 4.39 Å². The van der Waals surface area contributed by atoms with Crippen LogP contribution in [0.5, 0.6) is 0 Å². The minimum absolute atomic E-state index is 0.0963. The van der Waals surface area contributed by atoms with Gasteiger partial charge in [-0.05, 0) is 44.2 Å². The van der Waals surface area contributed by atoms with Crippen molar-refractivity contribution in [2.24, 2.45) is 5.92 Å². The molecular formula is C16H21Cl2FN2. The fraction of sp³-hybridized carbons (Fsp3) is 0.625. The van der Waals surface area contributed by atoms with Crippen molar-refractivity contribution in [2.75, 3.05) is 18.0 Å². The van der Waals surface area contributed by atoms with E-state index in [0.29, 0.717) is 6.04 Å². The Labute approximate surface area is 135 Å². The topological polar surface area (TPSA) is 15.3 Å². The summed E-state index contributed by atoms with van der Waals surface area (Å²) in [6.07, 6.45) is 3.61. The summed E-state index contributed by atoms with van der Waals surface area (Å²) < 4.78 is 13.7. The van der Waals surface area contributed by atoms with E-state index in [-0.39, 0.29) is 15.6 Å². The van der Waals surface area contributed by atoms with E-state index in [4.69, 9.17) is 23.2 Å². The van der Waals surface area contributed by atoms with Gasteiger partial charge in [-0.15, -0.1) is 0 Å². The van der Waals surface area contributed by atoms with E-state index in [2.05, 4.69) is 24.1 Å². The highest BCUT2D eigenvalue weighted by molar-refractivity contribution is 6.35. The molecule has 0 bridgehead atoms. The van der Waals surface area contributed by atoms with Crippen molar-refractivity contribution < 1.29 is 4.39 Å². The number of anilines is 1. The van der Waals surface area contributed by atoms with Gasteiger partial charge in [0.15, 0.2) is 5.82 Å². The first-order chi connectivity index (χ1) is 9.94. The smallest absolute Gasteiger partial charge is 0.160 e. The number of benzene rings is 1. The number of halogens is 3. The highest BCUT2D eigenvalue weighted by atomic mass is 35.5. The first kappa shape index (κ1) is 15.4. The normalized spacial score (nSPS) is 29.8. The maximum absolute atomic E-state index is 13.7. The highest BCUT2D eigenvalue weighted by Gasteiger charge is 2.45. The number of rotatable bonds is 3. The molecule has 1 heterocycles. The van der Waals surface area contributed by atoms with Crippen LogP contribution in [0.4, 0.5) is 10.1 Å². The quantitative estimate of drug-likeness (QED) is 0.821. The van der Waals surface area contributed by atoms with Gasteiger partial charge >= 0.3 is 0 Å². The van der Waals surface area contributed by atoms with Crippen LogP contribution in [0.3, 0.4) is 0 Å². The average molecular weight is 331 g/mol. The van der Waals surface area contributed by atoms with Gasteiger partial charge in [0.25, 0.3) is 0 Å². The molecule has 116 valence electrons. The maximum atomic E-state index is 13.7. The number of nitrogens with zero attached hydrogens (tertiary/aromatic N) is 1. The molecule has 2 unspecified atom stereocenters. The van der Waals surface area contributed by atoms with Gasteiger partial charge in [0.1, 0.15) is 0 Å². The van der Waals surface area contributed by atoms with Crippen LogP contribution in [0.2, 0.25) is 10.0 Å². The zero-order chi connectivity index (χ0) is 15.2. The Kier molecular flexibility index (Phi) is 4.10. The van der Waals surface area contributed by atoms with Crippen LogP contribution in [0.15, 0.2) is 12.1 Å². The lowest BCUT2D eigenvalue weighted by molar-refractivity contribution is 0.252. The summed E-state index contributed by atoms with van der Waals surface area (Å²) in [5, 5.41) is 3.91. The van der Waals surface area contributed by atoms with Gasteiger partial charge in [0.2, 0.25) is 0 Å². The molecular weight excluding hydrogens is 310 g/mol. The Balaban J connectivity index is 1.92. The van der Waals surface area contributed by atoms with Crippen molar-refractivity contribution in [2.45, 2.75) is 44.7 Å². The van der Waals surface area contributed by atoms with E-state index >= 15 is 0 Å². The van der Waals surface area contributed by atoms with Crippen molar-refractivity contribution in [3.63, 3.8) is 0 Å². The number of hydrogen-bond donors (Lipinski definition) is 1. The predicted molar refractivity (Wildman–Crippen MR) is 87.0 cm³/mol. The lowest BCUT2D eigenvalue weighted by Crippen LogP contribution is -2.64. The number of nitrogens with one attached hydrogen (secondary N) is 1. The van der Waals surface area contributed by atoms with E-state index in [1.165, 1.54) is 12.8 Å². The van der Waals surface area contributed by atoms with Crippen LogP contribution >= 0.6 is 23.2 Å². The molecule has 2 nitrogen and oxygen atoms in total. The molecule has 1 aromatic carbocycles. The van der Waals surface area contributed by atoms with Gasteiger partial charge in [0.05, 0.1) is 10.0 Å². The molecule has 1 aliphatic carbocycles. The van der Waals surface area contributed by atoms with E-state index in [1.54, 1.807) is 12.1 Å². The second kappa shape index (κ2) is 5.60. The lowest BCUT2D eigenvalue weighted by Gasteiger charge is -2.48. The summed E-state index contributed by atoms with van der Waals surface area (Å²) >= 11 is 11.9. The molecule has 0 spiro atoms. The third-order valence-electron chi connectivity index (χ3n) is 4.93. The van der Waals surface area contributed by atoms with E-state index < -0.39 is 5.82 Å². The van der Waals surface area contributed by atoms with Crippen molar-refractivity contribution in [3.05, 3.63) is 28.0 Å². The van der Waals surface area contributed by atoms with Crippen LogP contribution in [-0.2, 0) is 0 Å². The molecule has 21 heavy (non-hydrogen) atoms. The van der Waals surface area contributed by atoms with Crippen molar-refractivity contribution in [3.8, 4) is 0 Å². The van der Waals surface area contributed by atoms with Gasteiger partial charge in [-0.1, -0.05) is 30.1 Å². The molecule has 0 amide bonds. The van der Waals surface area contributed by atoms with Crippen molar-refractivity contribution >= 4 is 28.9 Å². The average Bonchev–Trinajstić information content (AvgIpc) is 3.29. The van der Waals surface area contributed by atoms with Crippen LogP contribution in [0, 0.1) is 11.7 Å². The molecule has 1 aliphatic heterocycles. The van der Waals surface area contributed by atoms with Crippen molar-refractivity contribution in [1.82, 2.24) is 5.32 Å². The van der Waals surface area contributed by atoms with Gasteiger partial charge in [-0.3, -0.25) is 0 Å². The summed E-state index contributed by atoms with van der Waals surface area (Å²) in [4.78, 5) is 2.34. The molecule has 5 heteroatoms. The maximum Gasteiger partial charge on any atom is 0.160 e. The van der Waals surface area contributed by atoms with Crippen LogP contribution in [-0.4, -0.2) is 24.7 Å². The monoisotopic (exact) mass is 330 g/mol. The summed E-state index contributed by atoms with van der Waals surface area (Å²) in [5.74, 6) is 0.208. The van der Waals surface area contributed by atoms with Crippen LogP contribution in [0.1, 0.15) is 33.1 Å². The fourth-order valence-electron chi connectivity index (χ4n) is 3.37. The number of hydrogen-bond acceptors (Lipinski definition) is 2. The largest absolute Gasteiger partial charge is 0.365 e. The molecule has 1 N–H and O–H groups in total. The van der Waals surface area contributed by atoms with Gasteiger partial charge in [0, 0.05) is 30.4 Å². The third kappa shape index (κ3) is 2.88. The van der Waals surface area contributed by atoms with Crippen LogP contribution < -0.4 is 10.2 Å². The Hall–Kier alpha value is -0.510. The summed E-state index contributed by atoms with van der Waals surface area (Å²) in [5.41, 5.74) is 1.05.